The van der Waals surface area contributed by atoms with Crippen molar-refractivity contribution in [2.24, 2.45) is 0 Å². The Kier molecular flexibility index (Phi) is 4.82. The lowest BCUT2D eigenvalue weighted by Gasteiger charge is -2.12. The Morgan fingerprint density at radius 3 is 1.79 bits per heavy atom. The summed E-state index contributed by atoms with van der Waals surface area (Å²) in [6.07, 6.45) is 0. The second-order valence-electron chi connectivity index (χ2n) is 7.84. The summed E-state index contributed by atoms with van der Waals surface area (Å²) in [5.74, 6) is 1.91. The van der Waals surface area contributed by atoms with Crippen molar-refractivity contribution in [3.05, 3.63) is 114 Å². The highest BCUT2D eigenvalue weighted by molar-refractivity contribution is 6.36. The smallest absolute Gasteiger partial charge is 0.164 e. The molecule has 0 unspecified atom stereocenters. The first kappa shape index (κ1) is 19.6. The van der Waals surface area contributed by atoms with Gasteiger partial charge >= 0.3 is 0 Å². The number of rotatable bonds is 3. The molecule has 33 heavy (non-hydrogen) atoms. The SMILES string of the molecule is Clc1ccc(-c2nc(-c3ccccc3)nc(-c3cccc4ccccc34)n2)c2ccccc12. The van der Waals surface area contributed by atoms with Crippen LogP contribution in [0.2, 0.25) is 5.02 Å². The molecule has 0 aliphatic carbocycles. The summed E-state index contributed by atoms with van der Waals surface area (Å²) in [7, 11) is 0. The van der Waals surface area contributed by atoms with Crippen molar-refractivity contribution in [2.45, 2.75) is 0 Å². The zero-order valence-corrected chi connectivity index (χ0v) is 18.4. The molecule has 6 aromatic rings. The molecule has 156 valence electrons. The minimum absolute atomic E-state index is 0.625. The van der Waals surface area contributed by atoms with Gasteiger partial charge in [0.2, 0.25) is 0 Å². The first-order valence-electron chi connectivity index (χ1n) is 10.8. The van der Waals surface area contributed by atoms with Gasteiger partial charge < -0.3 is 0 Å². The van der Waals surface area contributed by atoms with Gasteiger partial charge in [-0.25, -0.2) is 15.0 Å². The summed E-state index contributed by atoms with van der Waals surface area (Å²) in [4.78, 5) is 14.8. The van der Waals surface area contributed by atoms with Crippen molar-refractivity contribution in [1.29, 1.82) is 0 Å². The van der Waals surface area contributed by atoms with Crippen molar-refractivity contribution in [3.63, 3.8) is 0 Å². The molecule has 6 rings (SSSR count). The number of hydrogen-bond acceptors (Lipinski definition) is 3. The molecule has 4 heteroatoms. The molecular weight excluding hydrogens is 426 g/mol. The Hall–Kier alpha value is -4.08. The fourth-order valence-electron chi connectivity index (χ4n) is 4.21. The molecule has 0 aliphatic rings. The van der Waals surface area contributed by atoms with Gasteiger partial charge in [-0.2, -0.15) is 0 Å². The average molecular weight is 444 g/mol. The Bertz CT molecular complexity index is 1620. The van der Waals surface area contributed by atoms with Gasteiger partial charge in [0.1, 0.15) is 0 Å². The zero-order valence-electron chi connectivity index (χ0n) is 17.6. The van der Waals surface area contributed by atoms with Crippen LogP contribution >= 0.6 is 11.6 Å². The summed E-state index contributed by atoms with van der Waals surface area (Å²) in [5.41, 5.74) is 2.85. The standard InChI is InChI=1S/C29H18ClN3/c30-26-18-17-25(22-14-6-7-15-23(22)26)29-32-27(20-10-2-1-3-11-20)31-28(33-29)24-16-8-12-19-9-4-5-13-21(19)24/h1-18H. The number of aromatic nitrogens is 3. The maximum atomic E-state index is 6.48. The molecule has 0 atom stereocenters. The second kappa shape index (κ2) is 8.12. The van der Waals surface area contributed by atoms with E-state index < -0.39 is 0 Å². The van der Waals surface area contributed by atoms with Crippen molar-refractivity contribution in [3.8, 4) is 34.2 Å². The lowest BCUT2D eigenvalue weighted by atomic mass is 10.0. The maximum absolute atomic E-state index is 6.48. The number of benzene rings is 5. The molecule has 0 bridgehead atoms. The highest BCUT2D eigenvalue weighted by Crippen LogP contribution is 2.34. The Balaban J connectivity index is 1.66. The maximum Gasteiger partial charge on any atom is 0.164 e. The van der Waals surface area contributed by atoms with E-state index in [-0.39, 0.29) is 0 Å². The molecule has 5 aromatic carbocycles. The van der Waals surface area contributed by atoms with Crippen LogP contribution in [0.25, 0.3) is 55.7 Å². The molecule has 0 aliphatic heterocycles. The van der Waals surface area contributed by atoms with Crippen LogP contribution in [0, 0.1) is 0 Å². The molecule has 1 heterocycles. The van der Waals surface area contributed by atoms with E-state index in [4.69, 9.17) is 26.6 Å². The third kappa shape index (κ3) is 3.53. The van der Waals surface area contributed by atoms with Gasteiger partial charge in [0, 0.05) is 27.1 Å². The van der Waals surface area contributed by atoms with Crippen LogP contribution in [0.1, 0.15) is 0 Å². The zero-order chi connectivity index (χ0) is 22.2. The van der Waals surface area contributed by atoms with Crippen LogP contribution in [-0.4, -0.2) is 15.0 Å². The van der Waals surface area contributed by atoms with Crippen molar-refractivity contribution < 1.29 is 0 Å². The Labute approximate surface area is 196 Å². The molecule has 0 radical (unpaired) electrons. The normalized spacial score (nSPS) is 11.2. The predicted octanol–water partition coefficient (Wildman–Crippen LogP) is 7.83. The van der Waals surface area contributed by atoms with Crippen LogP contribution in [0.3, 0.4) is 0 Å². The topological polar surface area (TPSA) is 38.7 Å². The predicted molar refractivity (Wildman–Crippen MR) is 136 cm³/mol. The molecule has 0 saturated heterocycles. The van der Waals surface area contributed by atoms with Crippen LogP contribution in [0.15, 0.2) is 109 Å². The molecule has 0 spiro atoms. The lowest BCUT2D eigenvalue weighted by molar-refractivity contribution is 1.08. The molecular formula is C29H18ClN3. The van der Waals surface area contributed by atoms with Gasteiger partial charge in [0.15, 0.2) is 17.5 Å². The van der Waals surface area contributed by atoms with E-state index >= 15 is 0 Å². The number of nitrogens with zero attached hydrogens (tertiary/aromatic N) is 3. The fourth-order valence-corrected chi connectivity index (χ4v) is 4.44. The molecule has 3 nitrogen and oxygen atoms in total. The number of fused-ring (bicyclic) bond motifs is 2. The quantitative estimate of drug-likeness (QED) is 0.279. The van der Waals surface area contributed by atoms with Gasteiger partial charge in [-0.1, -0.05) is 109 Å². The number of halogens is 1. The first-order chi connectivity index (χ1) is 16.3. The van der Waals surface area contributed by atoms with Gasteiger partial charge in [0.25, 0.3) is 0 Å². The Morgan fingerprint density at radius 1 is 0.424 bits per heavy atom. The minimum atomic E-state index is 0.625. The highest BCUT2D eigenvalue weighted by Gasteiger charge is 2.16. The van der Waals surface area contributed by atoms with Crippen molar-refractivity contribution >= 4 is 33.1 Å². The van der Waals surface area contributed by atoms with E-state index in [0.29, 0.717) is 22.5 Å². The van der Waals surface area contributed by atoms with Gasteiger partial charge in [0.05, 0.1) is 0 Å². The molecule has 0 fully saturated rings. The van der Waals surface area contributed by atoms with Gasteiger partial charge in [-0.3, -0.25) is 0 Å². The average Bonchev–Trinajstić information content (AvgIpc) is 2.89. The van der Waals surface area contributed by atoms with Crippen molar-refractivity contribution in [2.75, 3.05) is 0 Å². The van der Waals surface area contributed by atoms with Crippen LogP contribution in [-0.2, 0) is 0 Å². The van der Waals surface area contributed by atoms with E-state index in [9.17, 15) is 0 Å². The lowest BCUT2D eigenvalue weighted by Crippen LogP contribution is -2.01. The fraction of sp³-hybridized carbons (Fsp3) is 0. The largest absolute Gasteiger partial charge is 0.208 e. The van der Waals surface area contributed by atoms with E-state index in [2.05, 4.69) is 30.3 Å². The summed E-state index contributed by atoms with van der Waals surface area (Å²) in [6, 6.07) is 36.5. The third-order valence-corrected chi connectivity index (χ3v) is 6.14. The monoisotopic (exact) mass is 443 g/mol. The summed E-state index contributed by atoms with van der Waals surface area (Å²) < 4.78 is 0. The highest BCUT2D eigenvalue weighted by atomic mass is 35.5. The van der Waals surface area contributed by atoms with Crippen LogP contribution in [0.5, 0.6) is 0 Å². The molecule has 1 aromatic heterocycles. The minimum Gasteiger partial charge on any atom is -0.208 e. The van der Waals surface area contributed by atoms with E-state index in [1.165, 1.54) is 0 Å². The van der Waals surface area contributed by atoms with Crippen molar-refractivity contribution in [1.82, 2.24) is 15.0 Å². The molecule has 0 N–H and O–H groups in total. The van der Waals surface area contributed by atoms with E-state index in [1.807, 2.05) is 78.9 Å². The Morgan fingerprint density at radius 2 is 1.00 bits per heavy atom. The summed E-state index contributed by atoms with van der Waals surface area (Å²) in [6.45, 7) is 0. The van der Waals surface area contributed by atoms with E-state index in [1.54, 1.807) is 0 Å². The van der Waals surface area contributed by atoms with E-state index in [0.717, 1.165) is 38.2 Å². The van der Waals surface area contributed by atoms with Crippen LogP contribution in [0.4, 0.5) is 0 Å². The van der Waals surface area contributed by atoms with Gasteiger partial charge in [-0.15, -0.1) is 0 Å². The third-order valence-electron chi connectivity index (χ3n) is 5.81. The van der Waals surface area contributed by atoms with Gasteiger partial charge in [-0.05, 0) is 28.3 Å². The summed E-state index contributed by atoms with van der Waals surface area (Å²) in [5, 5.41) is 4.96. The summed E-state index contributed by atoms with van der Waals surface area (Å²) >= 11 is 6.48. The number of hydrogen-bond donors (Lipinski definition) is 0. The molecule has 0 saturated carbocycles. The van der Waals surface area contributed by atoms with Crippen LogP contribution < -0.4 is 0 Å². The second-order valence-corrected chi connectivity index (χ2v) is 8.25. The molecule has 0 amide bonds. The first-order valence-corrected chi connectivity index (χ1v) is 11.1.